The van der Waals surface area contributed by atoms with Gasteiger partial charge in [-0.3, -0.25) is 14.5 Å². The molecule has 0 bridgehead atoms. The molecule has 0 aromatic heterocycles. The fourth-order valence-corrected chi connectivity index (χ4v) is 2.97. The molecular weight excluding hydrogens is 385 g/mol. The van der Waals surface area contributed by atoms with Crippen LogP contribution in [0.1, 0.15) is 18.9 Å². The molecule has 0 saturated heterocycles. The minimum atomic E-state index is -1.09. The van der Waals surface area contributed by atoms with Crippen molar-refractivity contribution in [1.82, 2.24) is 4.90 Å². The number of benzene rings is 2. The molecule has 1 heterocycles. The lowest BCUT2D eigenvalue weighted by molar-refractivity contribution is -0.137. The molecule has 1 N–H and O–H groups in total. The Morgan fingerprint density at radius 3 is 2.34 bits per heavy atom. The molecule has 0 spiro atoms. The highest BCUT2D eigenvalue weighted by Crippen LogP contribution is 2.31. The van der Waals surface area contributed by atoms with E-state index in [4.69, 9.17) is 4.74 Å². The molecule has 2 amide bonds. The smallest absolute Gasteiger partial charge is 0.278 e. The van der Waals surface area contributed by atoms with Gasteiger partial charge in [0.05, 0.1) is 5.57 Å². The summed E-state index contributed by atoms with van der Waals surface area (Å²) in [6.45, 7) is 2.87. The van der Waals surface area contributed by atoms with Crippen LogP contribution in [0.5, 0.6) is 0 Å². The first-order valence-corrected chi connectivity index (χ1v) is 9.08. The first-order valence-electron chi connectivity index (χ1n) is 9.08. The monoisotopic (exact) mass is 404 g/mol. The third-order valence-electron chi connectivity index (χ3n) is 4.36. The molecular formula is C21H19F3N2O3. The lowest BCUT2D eigenvalue weighted by Crippen LogP contribution is -2.34. The molecule has 152 valence electrons. The van der Waals surface area contributed by atoms with Gasteiger partial charge in [-0.05, 0) is 43.2 Å². The highest BCUT2D eigenvalue weighted by atomic mass is 19.2. The first kappa shape index (κ1) is 20.6. The highest BCUT2D eigenvalue weighted by Gasteiger charge is 2.38. The van der Waals surface area contributed by atoms with Gasteiger partial charge in [0, 0.05) is 31.5 Å². The quantitative estimate of drug-likeness (QED) is 0.538. The molecule has 0 saturated carbocycles. The van der Waals surface area contributed by atoms with Crippen molar-refractivity contribution in [1.29, 1.82) is 0 Å². The Kier molecular flexibility index (Phi) is 6.33. The number of nitrogens with zero attached hydrogens (tertiary/aromatic N) is 1. The van der Waals surface area contributed by atoms with Crippen molar-refractivity contribution >= 4 is 23.1 Å². The van der Waals surface area contributed by atoms with Crippen molar-refractivity contribution in [3.63, 3.8) is 0 Å². The van der Waals surface area contributed by atoms with Crippen LogP contribution in [0.25, 0.3) is 5.57 Å². The van der Waals surface area contributed by atoms with Gasteiger partial charge in [-0.25, -0.2) is 13.2 Å². The molecule has 2 aromatic rings. The number of carbonyl (C=O) groups excluding carboxylic acids is 2. The summed E-state index contributed by atoms with van der Waals surface area (Å²) in [4.78, 5) is 26.9. The van der Waals surface area contributed by atoms with E-state index in [1.165, 1.54) is 30.3 Å². The fourth-order valence-electron chi connectivity index (χ4n) is 2.97. The maximum Gasteiger partial charge on any atom is 0.278 e. The second-order valence-electron chi connectivity index (χ2n) is 6.32. The van der Waals surface area contributed by atoms with Crippen LogP contribution in [0.3, 0.4) is 0 Å². The van der Waals surface area contributed by atoms with Crippen molar-refractivity contribution in [2.24, 2.45) is 0 Å². The number of amides is 2. The fraction of sp³-hybridized carbons (Fsp3) is 0.238. The van der Waals surface area contributed by atoms with Gasteiger partial charge < -0.3 is 10.1 Å². The summed E-state index contributed by atoms with van der Waals surface area (Å²) in [5.41, 5.74) is 0.401. The van der Waals surface area contributed by atoms with E-state index in [1.54, 1.807) is 0 Å². The van der Waals surface area contributed by atoms with Gasteiger partial charge >= 0.3 is 0 Å². The second-order valence-corrected chi connectivity index (χ2v) is 6.32. The minimum absolute atomic E-state index is 0.0381. The van der Waals surface area contributed by atoms with Crippen LogP contribution in [-0.4, -0.2) is 36.5 Å². The second kappa shape index (κ2) is 8.91. The Hall–Kier alpha value is -3.13. The maximum atomic E-state index is 13.6. The van der Waals surface area contributed by atoms with Crippen LogP contribution in [-0.2, 0) is 14.3 Å². The van der Waals surface area contributed by atoms with Gasteiger partial charge in [0.15, 0.2) is 11.6 Å². The summed E-state index contributed by atoms with van der Waals surface area (Å²) in [7, 11) is 0. The summed E-state index contributed by atoms with van der Waals surface area (Å²) < 4.78 is 45.3. The normalized spacial score (nSPS) is 14.1. The number of nitrogens with one attached hydrogen (secondary N) is 1. The molecule has 0 aliphatic carbocycles. The summed E-state index contributed by atoms with van der Waals surface area (Å²) >= 11 is 0. The van der Waals surface area contributed by atoms with E-state index in [1.807, 2.05) is 6.92 Å². The topological polar surface area (TPSA) is 58.6 Å². The van der Waals surface area contributed by atoms with E-state index >= 15 is 0 Å². The predicted molar refractivity (Wildman–Crippen MR) is 101 cm³/mol. The van der Waals surface area contributed by atoms with Crippen LogP contribution in [0.2, 0.25) is 0 Å². The molecule has 0 atom stereocenters. The Labute approximate surface area is 165 Å². The molecule has 29 heavy (non-hydrogen) atoms. The van der Waals surface area contributed by atoms with Gasteiger partial charge in [-0.2, -0.15) is 0 Å². The molecule has 0 fully saturated rings. The number of halogens is 3. The van der Waals surface area contributed by atoms with Crippen LogP contribution in [0, 0.1) is 17.5 Å². The number of rotatable bonds is 8. The van der Waals surface area contributed by atoms with Crippen molar-refractivity contribution in [2.45, 2.75) is 13.3 Å². The summed E-state index contributed by atoms with van der Waals surface area (Å²) in [6, 6.07) is 8.17. The van der Waals surface area contributed by atoms with E-state index in [-0.39, 0.29) is 23.5 Å². The zero-order chi connectivity index (χ0) is 21.0. The Balaban J connectivity index is 1.95. The zero-order valence-electron chi connectivity index (χ0n) is 15.7. The van der Waals surface area contributed by atoms with Crippen LogP contribution in [0.15, 0.2) is 48.2 Å². The predicted octanol–water partition coefficient (Wildman–Crippen LogP) is 3.72. The molecule has 8 heteroatoms. The number of imide groups is 1. The average molecular weight is 404 g/mol. The number of hydrogen-bond donors (Lipinski definition) is 1. The third kappa shape index (κ3) is 4.48. The largest absolute Gasteiger partial charge is 0.382 e. The van der Waals surface area contributed by atoms with E-state index in [2.05, 4.69) is 5.32 Å². The number of anilines is 1. The van der Waals surface area contributed by atoms with Gasteiger partial charge in [0.1, 0.15) is 11.5 Å². The van der Waals surface area contributed by atoms with Gasteiger partial charge in [-0.15, -0.1) is 0 Å². The Morgan fingerprint density at radius 2 is 1.69 bits per heavy atom. The highest BCUT2D eigenvalue weighted by molar-refractivity contribution is 6.36. The van der Waals surface area contributed by atoms with E-state index < -0.39 is 29.3 Å². The number of ether oxygens (including phenoxy) is 1. The van der Waals surface area contributed by atoms with Crippen LogP contribution >= 0.6 is 0 Å². The molecule has 1 aliphatic rings. The van der Waals surface area contributed by atoms with Crippen molar-refractivity contribution in [3.05, 3.63) is 71.2 Å². The van der Waals surface area contributed by atoms with Gasteiger partial charge in [-0.1, -0.05) is 12.1 Å². The lowest BCUT2D eigenvalue weighted by Gasteiger charge is -2.15. The van der Waals surface area contributed by atoms with Crippen LogP contribution < -0.4 is 5.32 Å². The molecule has 5 nitrogen and oxygen atoms in total. The summed E-state index contributed by atoms with van der Waals surface area (Å²) in [6.07, 6.45) is 0.445. The zero-order valence-corrected chi connectivity index (χ0v) is 15.7. The van der Waals surface area contributed by atoms with Gasteiger partial charge in [0.25, 0.3) is 11.8 Å². The Morgan fingerprint density at radius 1 is 0.966 bits per heavy atom. The summed E-state index contributed by atoms with van der Waals surface area (Å²) in [5, 5.41) is 2.72. The lowest BCUT2D eigenvalue weighted by atomic mass is 10.0. The van der Waals surface area contributed by atoms with Crippen LogP contribution in [0.4, 0.5) is 18.9 Å². The average Bonchev–Trinajstić information content (AvgIpc) is 2.93. The van der Waals surface area contributed by atoms with Gasteiger partial charge in [0.2, 0.25) is 0 Å². The van der Waals surface area contributed by atoms with E-state index in [9.17, 15) is 22.8 Å². The molecule has 2 aromatic carbocycles. The minimum Gasteiger partial charge on any atom is -0.382 e. The number of hydrogen-bond acceptors (Lipinski definition) is 4. The molecule has 3 rings (SSSR count). The Bertz CT molecular complexity index is 958. The SMILES string of the molecule is CCOCCCN1C(=O)C(Nc2ccc(F)c(F)c2)=C(c2ccc(F)cc2)C1=O. The molecule has 0 unspecified atom stereocenters. The summed E-state index contributed by atoms with van der Waals surface area (Å²) in [5.74, 6) is -3.77. The molecule has 1 aliphatic heterocycles. The van der Waals surface area contributed by atoms with Crippen molar-refractivity contribution in [2.75, 3.05) is 25.1 Å². The number of carbonyl (C=O) groups is 2. The first-order chi connectivity index (χ1) is 13.9. The molecule has 0 radical (unpaired) electrons. The van der Waals surface area contributed by atoms with E-state index in [0.29, 0.717) is 25.2 Å². The van der Waals surface area contributed by atoms with E-state index in [0.717, 1.165) is 17.0 Å². The standard InChI is InChI=1S/C21H19F3N2O3/c1-2-29-11-3-10-26-20(27)18(13-4-6-14(22)7-5-13)19(21(26)28)25-15-8-9-16(23)17(24)12-15/h4-9,12,25H,2-3,10-11H2,1H3. The maximum absolute atomic E-state index is 13.6. The van der Waals surface area contributed by atoms with Crippen molar-refractivity contribution < 1.29 is 27.5 Å². The van der Waals surface area contributed by atoms with Crippen molar-refractivity contribution in [3.8, 4) is 0 Å². The third-order valence-corrected chi connectivity index (χ3v) is 4.36.